The van der Waals surface area contributed by atoms with E-state index in [1.807, 2.05) is 30.3 Å². The molecule has 2 aliphatic rings. The fraction of sp³-hybridized carbons (Fsp3) is 0.524. The smallest absolute Gasteiger partial charge is 0.286 e. The summed E-state index contributed by atoms with van der Waals surface area (Å²) in [5, 5.41) is 0.874. The van der Waals surface area contributed by atoms with Gasteiger partial charge in [0.05, 0.1) is 11.5 Å². The predicted molar refractivity (Wildman–Crippen MR) is 110 cm³/mol. The van der Waals surface area contributed by atoms with Crippen molar-refractivity contribution >= 4 is 28.9 Å². The molecule has 0 aromatic heterocycles. The minimum Gasteiger partial charge on any atom is -0.494 e. The molecule has 1 saturated heterocycles. The number of amidine groups is 1. The van der Waals surface area contributed by atoms with Crippen LogP contribution in [0.2, 0.25) is 0 Å². The number of aliphatic imine (C=N–C) groups is 1. The number of nitrogens with zero attached hydrogens (tertiary/aromatic N) is 2. The Morgan fingerprint density at radius 2 is 1.85 bits per heavy atom. The largest absolute Gasteiger partial charge is 0.494 e. The van der Waals surface area contributed by atoms with Crippen LogP contribution in [-0.2, 0) is 4.79 Å². The standard InChI is InChI=1S/C21H28N2O2S/c1-2-3-8-15-25-18-11-9-17(10-12-18)16-19-20(24)22-21(26-19)23-13-6-4-5-7-14-23/h9-12,16H,2-8,13-15H2,1H3/b19-16+. The summed E-state index contributed by atoms with van der Waals surface area (Å²) in [6, 6.07) is 7.94. The lowest BCUT2D eigenvalue weighted by molar-refractivity contribution is -0.113. The summed E-state index contributed by atoms with van der Waals surface area (Å²) in [5.74, 6) is 0.768. The molecule has 1 fully saturated rings. The molecule has 0 radical (unpaired) electrons. The van der Waals surface area contributed by atoms with E-state index in [0.29, 0.717) is 4.91 Å². The molecule has 0 aliphatic carbocycles. The lowest BCUT2D eigenvalue weighted by atomic mass is 10.2. The lowest BCUT2D eigenvalue weighted by Crippen LogP contribution is -2.28. The molecule has 4 nitrogen and oxygen atoms in total. The van der Waals surface area contributed by atoms with Crippen molar-refractivity contribution < 1.29 is 9.53 Å². The van der Waals surface area contributed by atoms with Crippen molar-refractivity contribution in [2.24, 2.45) is 4.99 Å². The molecule has 2 heterocycles. The monoisotopic (exact) mass is 372 g/mol. The van der Waals surface area contributed by atoms with Crippen LogP contribution in [0.1, 0.15) is 57.4 Å². The highest BCUT2D eigenvalue weighted by Crippen LogP contribution is 2.31. The molecule has 0 N–H and O–H groups in total. The third-order valence-corrected chi connectivity index (χ3v) is 5.72. The van der Waals surface area contributed by atoms with Crippen molar-refractivity contribution in [2.45, 2.75) is 51.9 Å². The quantitative estimate of drug-likeness (QED) is 0.514. The maximum atomic E-state index is 12.3. The summed E-state index contributed by atoms with van der Waals surface area (Å²) in [4.78, 5) is 19.5. The zero-order valence-electron chi connectivity index (χ0n) is 15.6. The number of hydrogen-bond acceptors (Lipinski definition) is 4. The molecule has 1 aromatic rings. The number of carbonyl (C=O) groups excluding carboxylic acids is 1. The molecule has 26 heavy (non-hydrogen) atoms. The molecule has 2 aliphatic heterocycles. The lowest BCUT2D eigenvalue weighted by Gasteiger charge is -2.20. The van der Waals surface area contributed by atoms with Crippen LogP contribution in [0.15, 0.2) is 34.2 Å². The summed E-state index contributed by atoms with van der Waals surface area (Å²) < 4.78 is 5.74. The van der Waals surface area contributed by atoms with Crippen LogP contribution >= 0.6 is 11.8 Å². The van der Waals surface area contributed by atoms with E-state index in [1.165, 1.54) is 50.3 Å². The first kappa shape index (κ1) is 19.0. The Morgan fingerprint density at radius 1 is 1.12 bits per heavy atom. The van der Waals surface area contributed by atoms with Gasteiger partial charge in [-0.15, -0.1) is 0 Å². The summed E-state index contributed by atoms with van der Waals surface area (Å²) >= 11 is 1.51. The van der Waals surface area contributed by atoms with Crippen molar-refractivity contribution in [1.29, 1.82) is 0 Å². The average molecular weight is 373 g/mol. The summed E-state index contributed by atoms with van der Waals surface area (Å²) in [7, 11) is 0. The summed E-state index contributed by atoms with van der Waals surface area (Å²) in [5.41, 5.74) is 1.01. The van der Waals surface area contributed by atoms with Gasteiger partial charge in [-0.2, -0.15) is 4.99 Å². The maximum Gasteiger partial charge on any atom is 0.286 e. The third kappa shape index (κ3) is 5.37. The molecule has 140 valence electrons. The summed E-state index contributed by atoms with van der Waals surface area (Å²) in [6.45, 7) is 4.97. The van der Waals surface area contributed by atoms with Gasteiger partial charge in [0.1, 0.15) is 5.75 Å². The zero-order valence-corrected chi connectivity index (χ0v) is 16.4. The van der Waals surface area contributed by atoms with Crippen molar-refractivity contribution in [3.05, 3.63) is 34.7 Å². The van der Waals surface area contributed by atoms with Gasteiger partial charge in [0.15, 0.2) is 5.17 Å². The first-order chi connectivity index (χ1) is 12.8. The molecule has 0 spiro atoms. The Bertz CT molecular complexity index is 659. The van der Waals surface area contributed by atoms with E-state index >= 15 is 0 Å². The number of thioether (sulfide) groups is 1. The van der Waals surface area contributed by atoms with E-state index in [2.05, 4.69) is 16.8 Å². The average Bonchev–Trinajstić information content (AvgIpc) is 2.86. The van der Waals surface area contributed by atoms with Crippen molar-refractivity contribution in [1.82, 2.24) is 4.90 Å². The van der Waals surface area contributed by atoms with Crippen LogP contribution in [0.25, 0.3) is 6.08 Å². The van der Waals surface area contributed by atoms with Crippen LogP contribution in [0.3, 0.4) is 0 Å². The number of ether oxygens (including phenoxy) is 1. The third-order valence-electron chi connectivity index (χ3n) is 4.68. The number of benzene rings is 1. The van der Waals surface area contributed by atoms with E-state index in [9.17, 15) is 4.79 Å². The fourth-order valence-corrected chi connectivity index (χ4v) is 4.11. The highest BCUT2D eigenvalue weighted by Gasteiger charge is 2.26. The van der Waals surface area contributed by atoms with Gasteiger partial charge in [0, 0.05) is 13.1 Å². The number of unbranched alkanes of at least 4 members (excludes halogenated alkanes) is 2. The number of rotatable bonds is 6. The van der Waals surface area contributed by atoms with Gasteiger partial charge >= 0.3 is 0 Å². The zero-order chi connectivity index (χ0) is 18.2. The van der Waals surface area contributed by atoms with Gasteiger partial charge in [-0.3, -0.25) is 4.79 Å². The first-order valence-corrected chi connectivity index (χ1v) is 10.6. The van der Waals surface area contributed by atoms with Crippen LogP contribution in [-0.4, -0.2) is 35.7 Å². The second-order valence-corrected chi connectivity index (χ2v) is 7.85. The highest BCUT2D eigenvalue weighted by molar-refractivity contribution is 8.18. The van der Waals surface area contributed by atoms with E-state index in [4.69, 9.17) is 4.74 Å². The molecule has 0 bridgehead atoms. The molecule has 0 saturated carbocycles. The van der Waals surface area contributed by atoms with Gasteiger partial charge in [-0.05, 0) is 54.8 Å². The second-order valence-electron chi connectivity index (χ2n) is 6.84. The fourth-order valence-electron chi connectivity index (χ4n) is 3.15. The van der Waals surface area contributed by atoms with Crippen LogP contribution in [0.5, 0.6) is 5.75 Å². The SMILES string of the molecule is CCCCCOc1ccc(/C=C2/SC(N3CCCCCC3)=NC2=O)cc1. The molecule has 0 atom stereocenters. The van der Waals surface area contributed by atoms with Gasteiger partial charge in [-0.1, -0.05) is 44.7 Å². The van der Waals surface area contributed by atoms with Gasteiger partial charge in [0.25, 0.3) is 5.91 Å². The number of likely N-dealkylation sites (tertiary alicyclic amines) is 1. The van der Waals surface area contributed by atoms with Gasteiger partial charge < -0.3 is 9.64 Å². The van der Waals surface area contributed by atoms with Crippen molar-refractivity contribution in [3.63, 3.8) is 0 Å². The van der Waals surface area contributed by atoms with Crippen LogP contribution in [0.4, 0.5) is 0 Å². The maximum absolute atomic E-state index is 12.3. The molecule has 1 aromatic carbocycles. The minimum atomic E-state index is -0.117. The topological polar surface area (TPSA) is 41.9 Å². The first-order valence-electron chi connectivity index (χ1n) is 9.76. The minimum absolute atomic E-state index is 0.117. The van der Waals surface area contributed by atoms with E-state index in [1.54, 1.807) is 0 Å². The molecule has 0 unspecified atom stereocenters. The number of hydrogen-bond donors (Lipinski definition) is 0. The molecule has 3 rings (SSSR count). The Labute approximate surface area is 160 Å². The molecule has 1 amide bonds. The van der Waals surface area contributed by atoms with Crippen molar-refractivity contribution in [3.8, 4) is 5.75 Å². The Hall–Kier alpha value is -1.75. The Balaban J connectivity index is 1.57. The van der Waals surface area contributed by atoms with E-state index in [0.717, 1.165) is 42.6 Å². The molecular formula is C21H28N2O2S. The van der Waals surface area contributed by atoms with E-state index < -0.39 is 0 Å². The molecule has 5 heteroatoms. The molecular weight excluding hydrogens is 344 g/mol. The van der Waals surface area contributed by atoms with Crippen LogP contribution < -0.4 is 4.74 Å². The highest BCUT2D eigenvalue weighted by atomic mass is 32.2. The second kappa shape index (κ2) is 9.81. The Morgan fingerprint density at radius 3 is 2.54 bits per heavy atom. The van der Waals surface area contributed by atoms with Crippen LogP contribution in [0, 0.1) is 0 Å². The van der Waals surface area contributed by atoms with E-state index in [-0.39, 0.29) is 5.91 Å². The summed E-state index contributed by atoms with van der Waals surface area (Å²) in [6.07, 6.45) is 10.3. The predicted octanol–water partition coefficient (Wildman–Crippen LogP) is 5.10. The normalized spacial score (nSPS) is 19.6. The van der Waals surface area contributed by atoms with Gasteiger partial charge in [-0.25, -0.2) is 0 Å². The van der Waals surface area contributed by atoms with Gasteiger partial charge in [0.2, 0.25) is 0 Å². The number of carbonyl (C=O) groups is 1. The number of amides is 1. The Kier molecular flexibility index (Phi) is 7.18. The van der Waals surface area contributed by atoms with Crippen molar-refractivity contribution in [2.75, 3.05) is 19.7 Å².